The molecule has 0 aromatic heterocycles. The summed E-state index contributed by atoms with van der Waals surface area (Å²) in [6.45, 7) is 12.9. The first-order valence-corrected chi connectivity index (χ1v) is 7.38. The van der Waals surface area contributed by atoms with E-state index >= 15 is 0 Å². The van der Waals surface area contributed by atoms with E-state index in [9.17, 15) is 14.7 Å². The monoisotopic (exact) mass is 310 g/mol. The molecule has 1 fully saturated rings. The third kappa shape index (κ3) is 5.09. The lowest BCUT2D eigenvalue weighted by atomic mass is 10.1. The summed E-state index contributed by atoms with van der Waals surface area (Å²) in [5, 5.41) is 12.1. The smallest absolute Gasteiger partial charge is 0.408 e. The van der Waals surface area contributed by atoms with Crippen LogP contribution in [0.1, 0.15) is 40.0 Å². The van der Waals surface area contributed by atoms with Crippen LogP contribution in [-0.2, 0) is 4.74 Å². The SMILES string of the molecule is C=CCC(CN(C(=O)O)C1(C=C)CC1)NC(=O)OC(C)(C)C. The number of hydrogen-bond donors (Lipinski definition) is 2. The number of carboxylic acid groups (broad SMARTS) is 1. The summed E-state index contributed by atoms with van der Waals surface area (Å²) in [6, 6.07) is -0.388. The Labute approximate surface area is 131 Å². The molecule has 0 aromatic rings. The number of nitrogens with zero attached hydrogens (tertiary/aromatic N) is 1. The van der Waals surface area contributed by atoms with Crippen molar-refractivity contribution < 1.29 is 19.4 Å². The number of hydrogen-bond acceptors (Lipinski definition) is 3. The molecule has 0 aromatic carbocycles. The van der Waals surface area contributed by atoms with Crippen LogP contribution in [0, 0.1) is 0 Å². The Balaban J connectivity index is 2.73. The first kappa shape index (κ1) is 18.1. The maximum absolute atomic E-state index is 11.9. The van der Waals surface area contributed by atoms with Gasteiger partial charge >= 0.3 is 12.2 Å². The molecular formula is C16H26N2O4. The number of carbonyl (C=O) groups excluding carboxylic acids is 1. The number of alkyl carbamates (subject to hydrolysis) is 1. The molecule has 2 amide bonds. The van der Waals surface area contributed by atoms with Gasteiger partial charge in [-0.25, -0.2) is 9.59 Å². The third-order valence-corrected chi connectivity index (χ3v) is 3.49. The minimum absolute atomic E-state index is 0.173. The fourth-order valence-corrected chi connectivity index (χ4v) is 2.24. The molecule has 0 saturated heterocycles. The van der Waals surface area contributed by atoms with Crippen LogP contribution in [0.3, 0.4) is 0 Å². The summed E-state index contributed by atoms with van der Waals surface area (Å²) < 4.78 is 5.21. The van der Waals surface area contributed by atoms with Crippen LogP contribution in [0.5, 0.6) is 0 Å². The molecule has 6 heteroatoms. The number of rotatable bonds is 7. The average molecular weight is 310 g/mol. The Morgan fingerprint density at radius 3 is 2.36 bits per heavy atom. The van der Waals surface area contributed by atoms with Gasteiger partial charge in [-0.15, -0.1) is 13.2 Å². The van der Waals surface area contributed by atoms with E-state index in [1.807, 2.05) is 0 Å². The second-order valence-electron chi connectivity index (χ2n) is 6.57. The Hall–Kier alpha value is -1.98. The van der Waals surface area contributed by atoms with Crippen LogP contribution in [0.2, 0.25) is 0 Å². The lowest BCUT2D eigenvalue weighted by Gasteiger charge is -2.31. The highest BCUT2D eigenvalue weighted by molar-refractivity contribution is 5.69. The minimum Gasteiger partial charge on any atom is -0.465 e. The van der Waals surface area contributed by atoms with Gasteiger partial charge in [-0.05, 0) is 40.0 Å². The van der Waals surface area contributed by atoms with Crippen LogP contribution in [0.15, 0.2) is 25.3 Å². The van der Waals surface area contributed by atoms with E-state index < -0.39 is 23.3 Å². The highest BCUT2D eigenvalue weighted by atomic mass is 16.6. The van der Waals surface area contributed by atoms with Crippen LogP contribution in [-0.4, -0.2) is 45.9 Å². The maximum Gasteiger partial charge on any atom is 0.408 e. The molecule has 0 radical (unpaired) electrons. The Morgan fingerprint density at radius 2 is 2.00 bits per heavy atom. The fraction of sp³-hybridized carbons (Fsp3) is 0.625. The van der Waals surface area contributed by atoms with E-state index in [0.29, 0.717) is 6.42 Å². The van der Waals surface area contributed by atoms with Crippen molar-refractivity contribution >= 4 is 12.2 Å². The van der Waals surface area contributed by atoms with Gasteiger partial charge in [0.1, 0.15) is 5.60 Å². The molecule has 1 aliphatic rings. The molecule has 0 heterocycles. The fourth-order valence-electron chi connectivity index (χ4n) is 2.24. The van der Waals surface area contributed by atoms with Gasteiger partial charge in [0.05, 0.1) is 11.6 Å². The zero-order chi connectivity index (χ0) is 17.0. The van der Waals surface area contributed by atoms with Crippen molar-refractivity contribution in [1.82, 2.24) is 10.2 Å². The zero-order valence-electron chi connectivity index (χ0n) is 13.6. The maximum atomic E-state index is 11.9. The predicted octanol–water partition coefficient (Wildman–Crippen LogP) is 3.15. The zero-order valence-corrected chi connectivity index (χ0v) is 13.6. The van der Waals surface area contributed by atoms with Crippen molar-refractivity contribution in [1.29, 1.82) is 0 Å². The molecule has 1 rings (SSSR count). The second-order valence-corrected chi connectivity index (χ2v) is 6.57. The van der Waals surface area contributed by atoms with E-state index in [1.165, 1.54) is 4.90 Å². The molecule has 1 atom stereocenters. The van der Waals surface area contributed by atoms with Crippen molar-refractivity contribution in [2.24, 2.45) is 0 Å². The van der Waals surface area contributed by atoms with E-state index in [1.54, 1.807) is 32.9 Å². The van der Waals surface area contributed by atoms with Crippen LogP contribution in [0.4, 0.5) is 9.59 Å². The van der Waals surface area contributed by atoms with Gasteiger partial charge in [0, 0.05) is 6.54 Å². The quantitative estimate of drug-likeness (QED) is 0.708. The van der Waals surface area contributed by atoms with Crippen molar-refractivity contribution in [2.45, 2.75) is 57.2 Å². The highest BCUT2D eigenvalue weighted by Crippen LogP contribution is 2.42. The summed E-state index contributed by atoms with van der Waals surface area (Å²) in [7, 11) is 0. The van der Waals surface area contributed by atoms with Crippen molar-refractivity contribution in [3.05, 3.63) is 25.3 Å². The van der Waals surface area contributed by atoms with Crippen LogP contribution >= 0.6 is 0 Å². The molecule has 1 saturated carbocycles. The van der Waals surface area contributed by atoms with Gasteiger partial charge in [-0.2, -0.15) is 0 Å². The summed E-state index contributed by atoms with van der Waals surface area (Å²) in [6.07, 6.45) is 3.71. The molecule has 22 heavy (non-hydrogen) atoms. The van der Waals surface area contributed by atoms with Gasteiger partial charge < -0.3 is 15.2 Å². The van der Waals surface area contributed by atoms with Gasteiger partial charge in [0.25, 0.3) is 0 Å². The Kier molecular flexibility index (Phi) is 5.63. The first-order valence-electron chi connectivity index (χ1n) is 7.38. The van der Waals surface area contributed by atoms with Crippen molar-refractivity contribution in [3.8, 4) is 0 Å². The lowest BCUT2D eigenvalue weighted by molar-refractivity contribution is 0.0482. The average Bonchev–Trinajstić information content (AvgIpc) is 3.14. The molecule has 0 spiro atoms. The molecule has 2 N–H and O–H groups in total. The van der Waals surface area contributed by atoms with E-state index in [-0.39, 0.29) is 12.6 Å². The van der Waals surface area contributed by atoms with Gasteiger partial charge in [-0.3, -0.25) is 4.90 Å². The molecule has 0 aliphatic heterocycles. The van der Waals surface area contributed by atoms with Crippen molar-refractivity contribution in [3.63, 3.8) is 0 Å². The predicted molar refractivity (Wildman–Crippen MR) is 84.9 cm³/mol. The standard InChI is InChI=1S/C16H26N2O4/c1-6-8-12(17-13(19)22-15(3,4)5)11-18(14(20)21)16(7-2)9-10-16/h6-7,12H,1-2,8-11H2,3-5H3,(H,17,19)(H,20,21). The molecular weight excluding hydrogens is 284 g/mol. The molecule has 6 nitrogen and oxygen atoms in total. The lowest BCUT2D eigenvalue weighted by Crippen LogP contribution is -2.50. The Bertz CT molecular complexity index is 450. The van der Waals surface area contributed by atoms with Crippen LogP contribution in [0.25, 0.3) is 0 Å². The third-order valence-electron chi connectivity index (χ3n) is 3.49. The topological polar surface area (TPSA) is 78.9 Å². The summed E-state index contributed by atoms with van der Waals surface area (Å²) >= 11 is 0. The number of nitrogens with one attached hydrogen (secondary N) is 1. The molecule has 1 aliphatic carbocycles. The van der Waals surface area contributed by atoms with Gasteiger partial charge in [0.15, 0.2) is 0 Å². The van der Waals surface area contributed by atoms with E-state index in [0.717, 1.165) is 12.8 Å². The number of carbonyl (C=O) groups is 2. The van der Waals surface area contributed by atoms with Gasteiger partial charge in [-0.1, -0.05) is 12.2 Å². The normalized spacial score (nSPS) is 17.0. The number of ether oxygens (including phenoxy) is 1. The summed E-state index contributed by atoms with van der Waals surface area (Å²) in [5.74, 6) is 0. The minimum atomic E-state index is -1.02. The molecule has 124 valence electrons. The first-order chi connectivity index (χ1) is 10.1. The van der Waals surface area contributed by atoms with Crippen molar-refractivity contribution in [2.75, 3.05) is 6.54 Å². The molecule has 1 unspecified atom stereocenters. The Morgan fingerprint density at radius 1 is 1.41 bits per heavy atom. The van der Waals surface area contributed by atoms with E-state index in [2.05, 4.69) is 18.5 Å². The van der Waals surface area contributed by atoms with Gasteiger partial charge in [0.2, 0.25) is 0 Å². The summed E-state index contributed by atoms with van der Waals surface area (Å²) in [5.41, 5.74) is -1.10. The number of amides is 2. The second kappa shape index (κ2) is 6.85. The van der Waals surface area contributed by atoms with Crippen LogP contribution < -0.4 is 5.32 Å². The largest absolute Gasteiger partial charge is 0.465 e. The highest BCUT2D eigenvalue weighted by Gasteiger charge is 2.48. The summed E-state index contributed by atoms with van der Waals surface area (Å²) in [4.78, 5) is 24.7. The van der Waals surface area contributed by atoms with E-state index in [4.69, 9.17) is 4.74 Å². The molecule has 0 bridgehead atoms.